The second kappa shape index (κ2) is 5.65. The van der Waals surface area contributed by atoms with Crippen molar-refractivity contribution in [1.29, 1.82) is 0 Å². The highest BCUT2D eigenvalue weighted by atomic mass is 19.1. The van der Waals surface area contributed by atoms with Gasteiger partial charge in [0.2, 0.25) is 0 Å². The lowest BCUT2D eigenvalue weighted by atomic mass is 9.88. The molecule has 0 spiro atoms. The molecule has 2 aliphatic heterocycles. The predicted octanol–water partition coefficient (Wildman–Crippen LogP) is 3.65. The topological polar surface area (TPSA) is 36.7 Å². The molecule has 2 atom stereocenters. The molecule has 24 heavy (non-hydrogen) atoms. The molecule has 3 heterocycles. The Bertz CT molecular complexity index is 757. The zero-order valence-corrected chi connectivity index (χ0v) is 13.9. The van der Waals surface area contributed by atoms with Crippen LogP contribution in [0.2, 0.25) is 0 Å². The first kappa shape index (κ1) is 15.2. The second-order valence-corrected chi connectivity index (χ2v) is 6.90. The predicted molar refractivity (Wildman–Crippen MR) is 89.8 cm³/mol. The number of carbonyl (C=O) groups excluding carboxylic acids is 1. The minimum atomic E-state index is -0.215. The van der Waals surface area contributed by atoms with Crippen molar-refractivity contribution in [3.05, 3.63) is 53.7 Å². The van der Waals surface area contributed by atoms with E-state index in [0.29, 0.717) is 30.9 Å². The summed E-state index contributed by atoms with van der Waals surface area (Å²) >= 11 is 0. The number of anilines is 1. The maximum absolute atomic E-state index is 13.8. The van der Waals surface area contributed by atoms with Gasteiger partial charge in [0.25, 0.3) is 5.91 Å². The van der Waals surface area contributed by atoms with Crippen LogP contribution in [0.3, 0.4) is 0 Å². The van der Waals surface area contributed by atoms with Gasteiger partial charge in [-0.1, -0.05) is 0 Å². The summed E-state index contributed by atoms with van der Waals surface area (Å²) in [7, 11) is 0. The SMILES string of the molecule is CC(C)N1c2ccc(F)cc2[C@H]2CN(C(=O)c3ccco3)CC[C@H]21. The molecule has 0 unspecified atom stereocenters. The van der Waals surface area contributed by atoms with Gasteiger partial charge in [0, 0.05) is 36.8 Å². The molecule has 0 N–H and O–H groups in total. The van der Waals surface area contributed by atoms with Crippen molar-refractivity contribution in [1.82, 2.24) is 4.90 Å². The summed E-state index contributed by atoms with van der Waals surface area (Å²) in [6.07, 6.45) is 2.40. The van der Waals surface area contributed by atoms with E-state index in [2.05, 4.69) is 18.7 Å². The van der Waals surface area contributed by atoms with Gasteiger partial charge >= 0.3 is 0 Å². The highest BCUT2D eigenvalue weighted by molar-refractivity contribution is 5.91. The third kappa shape index (κ3) is 2.30. The monoisotopic (exact) mass is 328 g/mol. The molecule has 0 saturated carbocycles. The third-order valence-electron chi connectivity index (χ3n) is 5.18. The quantitative estimate of drug-likeness (QED) is 0.844. The molecule has 2 aromatic rings. The van der Waals surface area contributed by atoms with E-state index in [1.165, 1.54) is 12.3 Å². The van der Waals surface area contributed by atoms with Gasteiger partial charge in [-0.15, -0.1) is 0 Å². The van der Waals surface area contributed by atoms with Crippen LogP contribution in [0.15, 0.2) is 41.0 Å². The Kier molecular flexibility index (Phi) is 3.59. The minimum Gasteiger partial charge on any atom is -0.459 e. The van der Waals surface area contributed by atoms with Crippen molar-refractivity contribution < 1.29 is 13.6 Å². The number of rotatable bonds is 2. The fourth-order valence-corrected chi connectivity index (χ4v) is 4.22. The first-order valence-corrected chi connectivity index (χ1v) is 8.47. The molecular formula is C19H21FN2O2. The number of amides is 1. The molecule has 1 saturated heterocycles. The van der Waals surface area contributed by atoms with E-state index in [1.807, 2.05) is 11.0 Å². The van der Waals surface area contributed by atoms with Crippen molar-refractivity contribution in [3.63, 3.8) is 0 Å². The maximum Gasteiger partial charge on any atom is 0.289 e. The summed E-state index contributed by atoms with van der Waals surface area (Å²) in [5.41, 5.74) is 2.12. The number of benzene rings is 1. The molecular weight excluding hydrogens is 307 g/mol. The third-order valence-corrected chi connectivity index (χ3v) is 5.18. The lowest BCUT2D eigenvalue weighted by Gasteiger charge is -2.40. The second-order valence-electron chi connectivity index (χ2n) is 6.90. The molecule has 1 amide bonds. The van der Waals surface area contributed by atoms with E-state index >= 15 is 0 Å². The van der Waals surface area contributed by atoms with E-state index in [1.54, 1.807) is 18.2 Å². The Hall–Kier alpha value is -2.30. The molecule has 126 valence electrons. The van der Waals surface area contributed by atoms with Gasteiger partial charge in [-0.25, -0.2) is 4.39 Å². The molecule has 4 nitrogen and oxygen atoms in total. The number of hydrogen-bond donors (Lipinski definition) is 0. The Morgan fingerprint density at radius 1 is 1.33 bits per heavy atom. The maximum atomic E-state index is 13.8. The van der Waals surface area contributed by atoms with Crippen LogP contribution in [-0.4, -0.2) is 36.0 Å². The van der Waals surface area contributed by atoms with Gasteiger partial charge < -0.3 is 14.2 Å². The highest BCUT2D eigenvalue weighted by Gasteiger charge is 2.44. The number of halogens is 1. The summed E-state index contributed by atoms with van der Waals surface area (Å²) in [5.74, 6) is 0.212. The lowest BCUT2D eigenvalue weighted by molar-refractivity contribution is 0.0663. The van der Waals surface area contributed by atoms with Crippen molar-refractivity contribution in [2.24, 2.45) is 0 Å². The summed E-state index contributed by atoms with van der Waals surface area (Å²) in [6.45, 7) is 5.62. The Morgan fingerprint density at radius 3 is 2.88 bits per heavy atom. The van der Waals surface area contributed by atoms with E-state index < -0.39 is 0 Å². The van der Waals surface area contributed by atoms with Crippen LogP contribution in [0.5, 0.6) is 0 Å². The van der Waals surface area contributed by atoms with Crippen LogP contribution in [0.25, 0.3) is 0 Å². The lowest BCUT2D eigenvalue weighted by Crippen LogP contribution is -2.49. The molecule has 0 radical (unpaired) electrons. The van der Waals surface area contributed by atoms with Gasteiger partial charge in [0.15, 0.2) is 5.76 Å². The number of likely N-dealkylation sites (tertiary alicyclic amines) is 1. The molecule has 0 aliphatic carbocycles. The van der Waals surface area contributed by atoms with Gasteiger partial charge in [0.05, 0.1) is 6.26 Å². The summed E-state index contributed by atoms with van der Waals surface area (Å²) in [4.78, 5) is 16.8. The first-order chi connectivity index (χ1) is 11.6. The first-order valence-electron chi connectivity index (χ1n) is 8.47. The number of nitrogens with zero attached hydrogens (tertiary/aromatic N) is 2. The van der Waals surface area contributed by atoms with Gasteiger partial charge in [-0.05, 0) is 56.2 Å². The van der Waals surface area contributed by atoms with Crippen LogP contribution in [0.1, 0.15) is 42.3 Å². The van der Waals surface area contributed by atoms with Crippen LogP contribution in [0.4, 0.5) is 10.1 Å². The molecule has 5 heteroatoms. The fourth-order valence-electron chi connectivity index (χ4n) is 4.22. The van der Waals surface area contributed by atoms with Crippen molar-refractivity contribution in [2.75, 3.05) is 18.0 Å². The van der Waals surface area contributed by atoms with Gasteiger partial charge in [0.1, 0.15) is 5.82 Å². The number of carbonyl (C=O) groups is 1. The zero-order valence-electron chi connectivity index (χ0n) is 13.9. The van der Waals surface area contributed by atoms with Crippen LogP contribution in [-0.2, 0) is 0 Å². The number of fused-ring (bicyclic) bond motifs is 3. The molecule has 1 fully saturated rings. The smallest absolute Gasteiger partial charge is 0.289 e. The van der Waals surface area contributed by atoms with Crippen molar-refractivity contribution in [3.8, 4) is 0 Å². The average Bonchev–Trinajstić information content (AvgIpc) is 3.19. The normalized spacial score (nSPS) is 22.7. The van der Waals surface area contributed by atoms with E-state index in [9.17, 15) is 9.18 Å². The minimum absolute atomic E-state index is 0.0839. The van der Waals surface area contributed by atoms with E-state index in [-0.39, 0.29) is 17.6 Å². The molecule has 2 aliphatic rings. The fraction of sp³-hybridized carbons (Fsp3) is 0.421. The van der Waals surface area contributed by atoms with Crippen molar-refractivity contribution in [2.45, 2.75) is 38.3 Å². The number of piperidine rings is 1. The van der Waals surface area contributed by atoms with Crippen molar-refractivity contribution >= 4 is 11.6 Å². The summed E-state index contributed by atoms with van der Waals surface area (Å²) in [5, 5.41) is 0. The van der Waals surface area contributed by atoms with Crippen LogP contribution < -0.4 is 4.90 Å². The summed E-state index contributed by atoms with van der Waals surface area (Å²) in [6, 6.07) is 9.12. The highest BCUT2D eigenvalue weighted by Crippen LogP contribution is 2.46. The summed E-state index contributed by atoms with van der Waals surface area (Å²) < 4.78 is 19.1. The standard InChI is InChI=1S/C19H21FN2O2/c1-12(2)22-16-6-5-13(20)10-14(16)15-11-21(8-7-17(15)22)19(23)18-4-3-9-24-18/h3-6,9-10,12,15,17H,7-8,11H2,1-2H3/t15-,17-/m1/s1. The zero-order chi connectivity index (χ0) is 16.8. The molecule has 1 aromatic carbocycles. The van der Waals surface area contributed by atoms with Gasteiger partial charge in [-0.2, -0.15) is 0 Å². The number of hydrogen-bond acceptors (Lipinski definition) is 3. The Labute approximate surface area is 140 Å². The van der Waals surface area contributed by atoms with E-state index in [0.717, 1.165) is 17.7 Å². The molecule has 0 bridgehead atoms. The Morgan fingerprint density at radius 2 is 2.17 bits per heavy atom. The number of furan rings is 1. The average molecular weight is 328 g/mol. The van der Waals surface area contributed by atoms with Crippen LogP contribution >= 0.6 is 0 Å². The van der Waals surface area contributed by atoms with E-state index in [4.69, 9.17) is 4.42 Å². The molecule has 1 aromatic heterocycles. The largest absolute Gasteiger partial charge is 0.459 e. The Balaban J connectivity index is 1.66. The van der Waals surface area contributed by atoms with Gasteiger partial charge in [-0.3, -0.25) is 4.79 Å². The van der Waals surface area contributed by atoms with Crippen LogP contribution in [0, 0.1) is 5.82 Å². The molecule has 4 rings (SSSR count).